The Bertz CT molecular complexity index is 1340. The molecule has 5 rings (SSSR count). The molecule has 0 N–H and O–H groups in total. The highest BCUT2D eigenvalue weighted by atomic mass is 19.1. The van der Waals surface area contributed by atoms with Crippen molar-refractivity contribution in [1.29, 1.82) is 0 Å². The van der Waals surface area contributed by atoms with Crippen LogP contribution in [0.4, 0.5) is 20.3 Å². The second-order valence-corrected chi connectivity index (χ2v) is 12.0. The molecule has 0 spiro atoms. The van der Waals surface area contributed by atoms with Gasteiger partial charge in [-0.25, -0.2) is 13.8 Å². The minimum Gasteiger partial charge on any atom is -0.460 e. The number of ether oxygens (including phenoxy) is 1. The number of hydrogen-bond donors (Lipinski definition) is 0. The number of carbonyl (C=O) groups excluding carboxylic acids is 2. The molecule has 2 saturated carbocycles. The number of anilines is 2. The number of amides is 1. The molecule has 2 fully saturated rings. The Kier molecular flexibility index (Phi) is 6.03. The summed E-state index contributed by atoms with van der Waals surface area (Å²) in [5.41, 5.74) is -2.54. The van der Waals surface area contributed by atoms with Crippen LogP contribution in [0.5, 0.6) is 0 Å². The van der Waals surface area contributed by atoms with Gasteiger partial charge in [0.1, 0.15) is 17.2 Å². The highest BCUT2D eigenvalue weighted by Gasteiger charge is 2.51. The van der Waals surface area contributed by atoms with Gasteiger partial charge in [0, 0.05) is 24.0 Å². The van der Waals surface area contributed by atoms with Crippen molar-refractivity contribution < 1.29 is 23.1 Å². The third kappa shape index (κ3) is 4.36. The molecule has 198 valence electrons. The second kappa shape index (κ2) is 8.74. The van der Waals surface area contributed by atoms with Crippen LogP contribution in [0.3, 0.4) is 0 Å². The number of carbonyl (C=O) groups is 2. The van der Waals surface area contributed by atoms with Crippen LogP contribution in [0.2, 0.25) is 0 Å². The van der Waals surface area contributed by atoms with E-state index in [2.05, 4.69) is 4.98 Å². The van der Waals surface area contributed by atoms with Gasteiger partial charge in [-0.05, 0) is 83.8 Å². The van der Waals surface area contributed by atoms with Crippen molar-refractivity contribution in [3.05, 3.63) is 51.6 Å². The zero-order valence-corrected chi connectivity index (χ0v) is 21.9. The van der Waals surface area contributed by atoms with Gasteiger partial charge in [0.05, 0.1) is 17.5 Å². The van der Waals surface area contributed by atoms with Crippen LogP contribution >= 0.6 is 0 Å². The van der Waals surface area contributed by atoms with Gasteiger partial charge in [-0.1, -0.05) is 6.42 Å². The molecule has 3 aliphatic rings. The van der Waals surface area contributed by atoms with Crippen molar-refractivity contribution in [2.45, 2.75) is 96.1 Å². The average molecular weight is 514 g/mol. The number of aromatic nitrogens is 2. The second-order valence-electron chi connectivity index (χ2n) is 12.0. The van der Waals surface area contributed by atoms with E-state index < -0.39 is 34.1 Å². The maximum absolute atomic E-state index is 15.6. The van der Waals surface area contributed by atoms with Crippen molar-refractivity contribution in [1.82, 2.24) is 9.55 Å². The molecule has 37 heavy (non-hydrogen) atoms. The van der Waals surface area contributed by atoms with Gasteiger partial charge in [-0.15, -0.1) is 0 Å². The quantitative estimate of drug-likeness (QED) is 0.498. The summed E-state index contributed by atoms with van der Waals surface area (Å²) in [6, 6.07) is 0.855. The number of fused-ring (bicyclic) bond motifs is 1. The molecular formula is C28H33F2N3O4. The normalized spacial score (nSPS) is 22.9. The lowest BCUT2D eigenvalue weighted by atomic mass is 9.84. The summed E-state index contributed by atoms with van der Waals surface area (Å²) in [5.74, 6) is -2.69. The number of nitrogens with zero attached hydrogens (tertiary/aromatic N) is 3. The van der Waals surface area contributed by atoms with Gasteiger partial charge in [0.2, 0.25) is 11.7 Å². The Morgan fingerprint density at radius 2 is 1.86 bits per heavy atom. The monoisotopic (exact) mass is 513 g/mol. The van der Waals surface area contributed by atoms with Gasteiger partial charge >= 0.3 is 5.97 Å². The zero-order valence-electron chi connectivity index (χ0n) is 21.9. The molecule has 0 saturated heterocycles. The van der Waals surface area contributed by atoms with Crippen LogP contribution in [0, 0.1) is 17.6 Å². The van der Waals surface area contributed by atoms with E-state index in [0.29, 0.717) is 6.42 Å². The summed E-state index contributed by atoms with van der Waals surface area (Å²) in [6.45, 7) is 8.50. The summed E-state index contributed by atoms with van der Waals surface area (Å²) >= 11 is 0. The summed E-state index contributed by atoms with van der Waals surface area (Å²) in [4.78, 5) is 44.9. The lowest BCUT2D eigenvalue weighted by Gasteiger charge is -2.25. The van der Waals surface area contributed by atoms with Crippen molar-refractivity contribution in [3.8, 4) is 0 Å². The fourth-order valence-electron chi connectivity index (χ4n) is 5.85. The van der Waals surface area contributed by atoms with Gasteiger partial charge in [-0.2, -0.15) is 0 Å². The van der Waals surface area contributed by atoms with E-state index in [1.54, 1.807) is 34.6 Å². The number of rotatable bonds is 5. The van der Waals surface area contributed by atoms with E-state index in [4.69, 9.17) is 4.74 Å². The van der Waals surface area contributed by atoms with Crippen molar-refractivity contribution in [2.75, 3.05) is 4.90 Å². The number of halogens is 2. The number of benzene rings is 1. The molecule has 0 radical (unpaired) electrons. The topological polar surface area (TPSA) is 81.5 Å². The van der Waals surface area contributed by atoms with Crippen LogP contribution in [0.25, 0.3) is 0 Å². The fourth-order valence-corrected chi connectivity index (χ4v) is 5.85. The molecule has 9 heteroatoms. The minimum atomic E-state index is -1.37. The molecule has 2 unspecified atom stereocenters. The highest BCUT2D eigenvalue weighted by molar-refractivity contribution is 6.12. The number of hydrogen-bond acceptors (Lipinski definition) is 5. The Morgan fingerprint density at radius 3 is 2.51 bits per heavy atom. The molecule has 2 aliphatic carbocycles. The summed E-state index contributed by atoms with van der Waals surface area (Å²) in [7, 11) is 0. The minimum absolute atomic E-state index is 0.0281. The molecule has 2 aromatic rings. The lowest BCUT2D eigenvalue weighted by molar-refractivity contribution is -0.156. The highest BCUT2D eigenvalue weighted by Crippen LogP contribution is 2.51. The molecule has 1 aliphatic heterocycles. The molecule has 7 nitrogen and oxygen atoms in total. The van der Waals surface area contributed by atoms with Crippen LogP contribution in [0.1, 0.15) is 96.2 Å². The molecule has 2 atom stereocenters. The first-order chi connectivity index (χ1) is 17.3. The average Bonchev–Trinajstić information content (AvgIpc) is 3.49. The van der Waals surface area contributed by atoms with E-state index in [9.17, 15) is 14.4 Å². The van der Waals surface area contributed by atoms with Crippen molar-refractivity contribution >= 4 is 23.4 Å². The third-order valence-electron chi connectivity index (χ3n) is 7.71. The Labute approximate surface area is 214 Å². The molecule has 0 bridgehead atoms. The Morgan fingerprint density at radius 1 is 1.16 bits per heavy atom. The van der Waals surface area contributed by atoms with Crippen LogP contribution in [-0.4, -0.2) is 27.0 Å². The van der Waals surface area contributed by atoms with E-state index in [1.165, 1.54) is 17.0 Å². The van der Waals surface area contributed by atoms with E-state index >= 15 is 8.78 Å². The predicted octanol–water partition coefficient (Wildman–Crippen LogP) is 5.43. The SMILES string of the molecule is CC(C)(C)OC(=O)CC1CCCC1n1ccnc(N2C(=O)C(C)(C)c3c(F)c(C4CC4)cc(F)c32)c1=O. The maximum Gasteiger partial charge on any atom is 0.306 e. The molecule has 1 aromatic heterocycles. The van der Waals surface area contributed by atoms with Crippen LogP contribution in [-0.2, 0) is 19.7 Å². The summed E-state index contributed by atoms with van der Waals surface area (Å²) in [5, 5.41) is 0. The van der Waals surface area contributed by atoms with E-state index in [-0.39, 0.29) is 52.9 Å². The predicted molar refractivity (Wildman–Crippen MR) is 134 cm³/mol. The van der Waals surface area contributed by atoms with E-state index in [0.717, 1.165) is 36.6 Å². The largest absolute Gasteiger partial charge is 0.460 e. The first-order valence-electron chi connectivity index (χ1n) is 13.0. The molecule has 1 aromatic carbocycles. The van der Waals surface area contributed by atoms with Gasteiger partial charge < -0.3 is 9.30 Å². The molecule has 1 amide bonds. The third-order valence-corrected chi connectivity index (χ3v) is 7.71. The Balaban J connectivity index is 1.54. The van der Waals surface area contributed by atoms with E-state index in [1.807, 2.05) is 0 Å². The van der Waals surface area contributed by atoms with Gasteiger partial charge in [-0.3, -0.25) is 19.3 Å². The lowest BCUT2D eigenvalue weighted by Crippen LogP contribution is -2.39. The van der Waals surface area contributed by atoms with Crippen LogP contribution < -0.4 is 10.5 Å². The standard InChI is InChI=1S/C28H33F2N3O4/c1-27(2,3)37-20(34)13-16-7-6-8-19(16)32-12-11-31-24(25(32)35)33-23-18(29)14-17(15-9-10-15)22(30)21(23)28(4,5)26(33)36/h11-12,14-16,19H,6-10,13H2,1-5H3. The first kappa shape index (κ1) is 25.5. The zero-order chi connectivity index (χ0) is 26.9. The summed E-state index contributed by atoms with van der Waals surface area (Å²) in [6.07, 6.45) is 6.89. The number of esters is 1. The smallest absolute Gasteiger partial charge is 0.306 e. The molecule has 2 heterocycles. The van der Waals surface area contributed by atoms with Gasteiger partial charge in [0.15, 0.2) is 0 Å². The molecular weight excluding hydrogens is 480 g/mol. The maximum atomic E-state index is 15.6. The Hall–Kier alpha value is -3.10. The fraction of sp³-hybridized carbons (Fsp3) is 0.571. The van der Waals surface area contributed by atoms with Crippen LogP contribution in [0.15, 0.2) is 23.3 Å². The van der Waals surface area contributed by atoms with Gasteiger partial charge in [0.25, 0.3) is 5.56 Å². The summed E-state index contributed by atoms with van der Waals surface area (Å²) < 4.78 is 38.1. The first-order valence-corrected chi connectivity index (χ1v) is 13.0. The van der Waals surface area contributed by atoms with Crippen molar-refractivity contribution in [2.24, 2.45) is 5.92 Å². The van der Waals surface area contributed by atoms with Crippen molar-refractivity contribution in [3.63, 3.8) is 0 Å².